The first-order valence-electron chi connectivity index (χ1n) is 13.3. The molecular weight excluding hydrogens is 611 g/mol. The van der Waals surface area contributed by atoms with E-state index in [-0.39, 0.29) is 10.8 Å². The minimum absolute atomic E-state index is 0.203. The van der Waals surface area contributed by atoms with E-state index in [1.165, 1.54) is 62.1 Å². The predicted octanol–water partition coefficient (Wildman–Crippen LogP) is 10.1. The van der Waals surface area contributed by atoms with Crippen molar-refractivity contribution in [2.45, 2.75) is 66.2 Å². The van der Waals surface area contributed by atoms with Crippen LogP contribution in [0.2, 0.25) is 0 Å². The predicted molar refractivity (Wildman–Crippen MR) is 162 cm³/mol. The standard InChI is InChI=1S/C21H25.C10H12.C5H5.Hf/c1-20(2,3)16-7-9-18-14(12-16)11-15-13-17(21(4,5)6)8-10-19(15)18;1-9(2)8-10-6-4-3-5-7-10;1-2-4-5-3-1;/h7-13H,1-6H3;3-7,9H,1-2H3;1-5H;/q-1;;-1;+2. The van der Waals surface area contributed by atoms with Crippen LogP contribution in [-0.4, -0.2) is 3.26 Å². The Morgan fingerprint density at radius 2 is 1.11 bits per heavy atom. The smallest absolute Gasteiger partial charge is 0.172 e. The van der Waals surface area contributed by atoms with Crippen LogP contribution in [0.3, 0.4) is 0 Å². The Bertz CT molecular complexity index is 1310. The van der Waals surface area contributed by atoms with Crippen molar-refractivity contribution in [3.05, 3.63) is 120 Å². The van der Waals surface area contributed by atoms with Gasteiger partial charge in [-0.25, -0.2) is 12.1 Å². The molecule has 0 radical (unpaired) electrons. The fraction of sp³-hybridized carbons (Fsp3) is 0.306. The molecule has 0 aliphatic rings. The molecular formula is C36H42Hf. The van der Waals surface area contributed by atoms with Crippen molar-refractivity contribution in [3.8, 4) is 0 Å². The molecule has 5 aromatic carbocycles. The minimum atomic E-state index is 0.203. The Morgan fingerprint density at radius 3 is 1.46 bits per heavy atom. The maximum absolute atomic E-state index is 2.35. The van der Waals surface area contributed by atoms with Gasteiger partial charge < -0.3 is 0 Å². The molecule has 0 aliphatic carbocycles. The van der Waals surface area contributed by atoms with E-state index < -0.39 is 0 Å². The van der Waals surface area contributed by atoms with Crippen molar-refractivity contribution < 1.29 is 23.9 Å². The summed E-state index contributed by atoms with van der Waals surface area (Å²) in [6, 6.07) is 36.9. The molecule has 0 amide bonds. The average molecular weight is 653 g/mol. The molecule has 0 nitrogen and oxygen atoms in total. The Kier molecular flexibility index (Phi) is 9.81. The van der Waals surface area contributed by atoms with Crippen molar-refractivity contribution in [1.82, 2.24) is 0 Å². The second-order valence-electron chi connectivity index (χ2n) is 12.1. The Morgan fingerprint density at radius 1 is 0.649 bits per heavy atom. The SMILES string of the molecule is CC(C)(C)c1ccc2c(c1)[cH-]c1cc(C(C)(C)C)ccc12.CC(C)[C](=[Hf+2])c1ccccc1.c1cc[cH-]c1. The van der Waals surface area contributed by atoms with Gasteiger partial charge in [0.25, 0.3) is 0 Å². The molecule has 0 spiro atoms. The molecule has 0 fully saturated rings. The minimum Gasteiger partial charge on any atom is -0.214 e. The monoisotopic (exact) mass is 654 g/mol. The topological polar surface area (TPSA) is 0 Å². The van der Waals surface area contributed by atoms with E-state index in [4.69, 9.17) is 0 Å². The molecule has 0 bridgehead atoms. The molecule has 5 aromatic rings. The fourth-order valence-corrected chi connectivity index (χ4v) is 4.83. The van der Waals surface area contributed by atoms with Crippen molar-refractivity contribution in [2.75, 3.05) is 0 Å². The van der Waals surface area contributed by atoms with Gasteiger partial charge >= 0.3 is 82.8 Å². The van der Waals surface area contributed by atoms with Gasteiger partial charge in [0.2, 0.25) is 0 Å². The largest absolute Gasteiger partial charge is 0.214 e. The quantitative estimate of drug-likeness (QED) is 0.132. The molecule has 0 unspecified atom stereocenters. The Balaban J connectivity index is 0.000000197. The third-order valence-corrected chi connectivity index (χ3v) is 9.77. The third kappa shape index (κ3) is 8.05. The first-order valence-corrected chi connectivity index (χ1v) is 15.1. The summed E-state index contributed by atoms with van der Waals surface area (Å²) in [7, 11) is 0. The Hall–Kier alpha value is -2.38. The van der Waals surface area contributed by atoms with Crippen LogP contribution in [0.15, 0.2) is 103 Å². The molecule has 0 aliphatic heterocycles. The van der Waals surface area contributed by atoms with E-state index in [2.05, 4.69) is 128 Å². The summed E-state index contributed by atoms with van der Waals surface area (Å²) in [5.41, 5.74) is 4.64. The van der Waals surface area contributed by atoms with Crippen LogP contribution in [0, 0.1) is 5.92 Å². The number of fused-ring (bicyclic) bond motifs is 3. The molecule has 0 saturated carbocycles. The summed E-state index contributed by atoms with van der Waals surface area (Å²) < 4.78 is 1.60. The zero-order chi connectivity index (χ0) is 27.2. The maximum Gasteiger partial charge on any atom is -0.172 e. The summed E-state index contributed by atoms with van der Waals surface area (Å²) in [5, 5.41) is 5.48. The Labute approximate surface area is 239 Å². The van der Waals surface area contributed by atoms with Gasteiger partial charge in [0.05, 0.1) is 0 Å². The van der Waals surface area contributed by atoms with Crippen LogP contribution in [0.25, 0.3) is 21.5 Å². The van der Waals surface area contributed by atoms with Crippen LogP contribution < -0.4 is 0 Å². The third-order valence-electron chi connectivity index (χ3n) is 6.65. The molecule has 0 aromatic heterocycles. The van der Waals surface area contributed by atoms with Gasteiger partial charge in [-0.2, -0.15) is 18.2 Å². The first-order chi connectivity index (χ1) is 17.4. The van der Waals surface area contributed by atoms with Crippen LogP contribution in [0.5, 0.6) is 0 Å². The van der Waals surface area contributed by atoms with Gasteiger partial charge in [-0.05, 0) is 10.8 Å². The van der Waals surface area contributed by atoms with Gasteiger partial charge in [0.1, 0.15) is 0 Å². The van der Waals surface area contributed by atoms with Gasteiger partial charge in [0, 0.05) is 0 Å². The molecule has 0 N–H and O–H groups in total. The molecule has 0 saturated heterocycles. The fourth-order valence-electron chi connectivity index (χ4n) is 4.23. The van der Waals surface area contributed by atoms with E-state index in [1.807, 2.05) is 30.3 Å². The number of hydrogen-bond acceptors (Lipinski definition) is 0. The molecule has 1 heteroatoms. The van der Waals surface area contributed by atoms with Crippen molar-refractivity contribution in [2.24, 2.45) is 5.92 Å². The number of hydrogen-bond donors (Lipinski definition) is 0. The van der Waals surface area contributed by atoms with E-state index in [0.717, 1.165) is 0 Å². The number of benzene rings is 3. The van der Waals surface area contributed by atoms with Crippen molar-refractivity contribution in [3.63, 3.8) is 0 Å². The molecule has 5 rings (SSSR count). The van der Waals surface area contributed by atoms with Crippen molar-refractivity contribution >= 4 is 24.8 Å². The van der Waals surface area contributed by atoms with E-state index in [1.54, 1.807) is 3.26 Å². The van der Waals surface area contributed by atoms with Gasteiger partial charge in [-0.15, -0.1) is 39.7 Å². The van der Waals surface area contributed by atoms with Gasteiger partial charge in [-0.1, -0.05) is 76.9 Å². The summed E-state index contributed by atoms with van der Waals surface area (Å²) >= 11 is 1.18. The van der Waals surface area contributed by atoms with Crippen LogP contribution >= 0.6 is 0 Å². The van der Waals surface area contributed by atoms with E-state index >= 15 is 0 Å². The number of rotatable bonds is 2. The average Bonchev–Trinajstić information content (AvgIpc) is 3.54. The summed E-state index contributed by atoms with van der Waals surface area (Å²) in [4.78, 5) is 0. The zero-order valence-electron chi connectivity index (χ0n) is 23.9. The van der Waals surface area contributed by atoms with Crippen LogP contribution in [0.4, 0.5) is 0 Å². The van der Waals surface area contributed by atoms with E-state index in [0.29, 0.717) is 5.92 Å². The maximum atomic E-state index is 2.35. The van der Waals surface area contributed by atoms with Gasteiger partial charge in [-0.3, -0.25) is 0 Å². The van der Waals surface area contributed by atoms with E-state index in [9.17, 15) is 0 Å². The first kappa shape index (κ1) is 29.2. The second kappa shape index (κ2) is 12.4. The molecule has 0 heterocycles. The second-order valence-corrected chi connectivity index (χ2v) is 14.1. The summed E-state index contributed by atoms with van der Waals surface area (Å²) in [6.45, 7) is 18.2. The molecule has 37 heavy (non-hydrogen) atoms. The molecule has 190 valence electrons. The summed E-state index contributed by atoms with van der Waals surface area (Å²) in [6.07, 6.45) is 0. The summed E-state index contributed by atoms with van der Waals surface area (Å²) in [5.74, 6) is 0.712. The van der Waals surface area contributed by atoms with Gasteiger partial charge in [0.15, 0.2) is 0 Å². The van der Waals surface area contributed by atoms with Crippen molar-refractivity contribution in [1.29, 1.82) is 0 Å². The normalized spacial score (nSPS) is 11.6. The van der Waals surface area contributed by atoms with Crippen LogP contribution in [0.1, 0.15) is 72.1 Å². The van der Waals surface area contributed by atoms with Crippen LogP contribution in [-0.2, 0) is 34.7 Å². The zero-order valence-corrected chi connectivity index (χ0v) is 27.5. The molecule has 0 atom stereocenters.